The minimum absolute atomic E-state index is 0.403. The molecular weight excluding hydrogens is 184 g/mol. The normalized spacial score (nSPS) is 23.7. The fourth-order valence-electron chi connectivity index (χ4n) is 2.42. The zero-order valence-electron chi connectivity index (χ0n) is 10.2. The predicted molar refractivity (Wildman–Crippen MR) is 65.4 cm³/mol. The van der Waals surface area contributed by atoms with Crippen molar-refractivity contribution in [1.82, 2.24) is 0 Å². The number of hydrogen-bond acceptors (Lipinski definition) is 1. The molecule has 1 heteroatoms. The average Bonchev–Trinajstić information content (AvgIpc) is 2.22. The van der Waals surface area contributed by atoms with Crippen LogP contribution < -0.4 is 0 Å². The molecule has 2 unspecified atom stereocenters. The van der Waals surface area contributed by atoms with E-state index in [4.69, 9.17) is 0 Å². The summed E-state index contributed by atoms with van der Waals surface area (Å²) in [5.41, 5.74) is 2.77. The summed E-state index contributed by atoms with van der Waals surface area (Å²) in [7, 11) is 0. The second-order valence-electron chi connectivity index (χ2n) is 4.33. The molecule has 0 aliphatic heterocycles. The van der Waals surface area contributed by atoms with Gasteiger partial charge in [0, 0.05) is 0 Å². The van der Waals surface area contributed by atoms with Gasteiger partial charge >= 0.3 is 0 Å². The van der Waals surface area contributed by atoms with Gasteiger partial charge in [-0.15, -0.1) is 0 Å². The van der Waals surface area contributed by atoms with Crippen LogP contribution in [-0.2, 0) is 6.42 Å². The molecule has 0 saturated carbocycles. The lowest BCUT2D eigenvalue weighted by Gasteiger charge is -2.27. The highest BCUT2D eigenvalue weighted by atomic mass is 16.3. The second kappa shape index (κ2) is 5.20. The van der Waals surface area contributed by atoms with E-state index in [-0.39, 0.29) is 0 Å². The number of rotatable bonds is 0. The van der Waals surface area contributed by atoms with Crippen LogP contribution in [0.25, 0.3) is 0 Å². The molecule has 0 radical (unpaired) electrons. The molecule has 84 valence electrons. The maximum atomic E-state index is 9.37. The third-order valence-corrected chi connectivity index (χ3v) is 2.98. The average molecular weight is 206 g/mol. The van der Waals surface area contributed by atoms with Crippen LogP contribution in [0.2, 0.25) is 0 Å². The van der Waals surface area contributed by atoms with Gasteiger partial charge < -0.3 is 5.11 Å². The smallest absolute Gasteiger partial charge is 0.115 e. The molecule has 15 heavy (non-hydrogen) atoms. The second-order valence-corrected chi connectivity index (χ2v) is 4.33. The Morgan fingerprint density at radius 3 is 2.53 bits per heavy atom. The molecular formula is C14H22O. The van der Waals surface area contributed by atoms with Gasteiger partial charge in [0.05, 0.1) is 0 Å². The van der Waals surface area contributed by atoms with E-state index < -0.39 is 0 Å². The van der Waals surface area contributed by atoms with Crippen molar-refractivity contribution in [2.75, 3.05) is 0 Å². The SMILES string of the molecule is CC.CC1Cc2ccc(O)cc2C(C)C1. The Morgan fingerprint density at radius 2 is 1.87 bits per heavy atom. The number of aromatic hydroxyl groups is 1. The van der Waals surface area contributed by atoms with Crippen molar-refractivity contribution >= 4 is 0 Å². The summed E-state index contributed by atoms with van der Waals surface area (Å²) in [4.78, 5) is 0. The van der Waals surface area contributed by atoms with Gasteiger partial charge in [0.25, 0.3) is 0 Å². The largest absolute Gasteiger partial charge is 0.508 e. The molecule has 0 bridgehead atoms. The van der Waals surface area contributed by atoms with Gasteiger partial charge in [0.1, 0.15) is 5.75 Å². The van der Waals surface area contributed by atoms with Crippen LogP contribution >= 0.6 is 0 Å². The van der Waals surface area contributed by atoms with E-state index in [0.717, 1.165) is 5.92 Å². The van der Waals surface area contributed by atoms with Crippen molar-refractivity contribution in [3.8, 4) is 5.75 Å². The van der Waals surface area contributed by atoms with E-state index in [1.54, 1.807) is 6.07 Å². The molecule has 0 amide bonds. The van der Waals surface area contributed by atoms with Crippen LogP contribution in [0.1, 0.15) is 51.2 Å². The first-order valence-corrected chi connectivity index (χ1v) is 5.98. The Morgan fingerprint density at radius 1 is 1.20 bits per heavy atom. The van der Waals surface area contributed by atoms with E-state index in [9.17, 15) is 5.11 Å². The van der Waals surface area contributed by atoms with Crippen molar-refractivity contribution < 1.29 is 5.11 Å². The molecule has 1 aromatic carbocycles. The minimum Gasteiger partial charge on any atom is -0.508 e. The molecule has 0 aromatic heterocycles. The highest BCUT2D eigenvalue weighted by Gasteiger charge is 2.21. The van der Waals surface area contributed by atoms with Gasteiger partial charge in [-0.05, 0) is 47.9 Å². The first-order valence-electron chi connectivity index (χ1n) is 5.98. The molecule has 0 spiro atoms. The zero-order valence-corrected chi connectivity index (χ0v) is 10.2. The van der Waals surface area contributed by atoms with Crippen molar-refractivity contribution in [3.05, 3.63) is 29.3 Å². The fraction of sp³-hybridized carbons (Fsp3) is 0.571. The van der Waals surface area contributed by atoms with Crippen LogP contribution in [0.5, 0.6) is 5.75 Å². The molecule has 0 fully saturated rings. The van der Waals surface area contributed by atoms with Crippen LogP contribution in [-0.4, -0.2) is 5.11 Å². The topological polar surface area (TPSA) is 20.2 Å². The van der Waals surface area contributed by atoms with Crippen molar-refractivity contribution in [2.24, 2.45) is 5.92 Å². The Labute approximate surface area is 93.1 Å². The van der Waals surface area contributed by atoms with E-state index in [2.05, 4.69) is 19.9 Å². The maximum absolute atomic E-state index is 9.37. The van der Waals surface area contributed by atoms with Gasteiger partial charge in [-0.25, -0.2) is 0 Å². The summed E-state index contributed by atoms with van der Waals surface area (Å²) in [5, 5.41) is 9.37. The van der Waals surface area contributed by atoms with Gasteiger partial charge in [0.2, 0.25) is 0 Å². The number of phenols is 1. The maximum Gasteiger partial charge on any atom is 0.115 e. The van der Waals surface area contributed by atoms with Gasteiger partial charge in [-0.1, -0.05) is 33.8 Å². The van der Waals surface area contributed by atoms with Crippen molar-refractivity contribution in [3.63, 3.8) is 0 Å². The lowest BCUT2D eigenvalue weighted by Crippen LogP contribution is -2.14. The van der Waals surface area contributed by atoms with Crippen LogP contribution in [0.3, 0.4) is 0 Å². The summed E-state index contributed by atoms with van der Waals surface area (Å²) in [5.74, 6) is 1.79. The van der Waals surface area contributed by atoms with Gasteiger partial charge in [-0.2, -0.15) is 0 Å². The Hall–Kier alpha value is -0.980. The summed E-state index contributed by atoms with van der Waals surface area (Å²) in [6.45, 7) is 8.54. The Balaban J connectivity index is 0.000000531. The van der Waals surface area contributed by atoms with Crippen LogP contribution in [0, 0.1) is 5.92 Å². The lowest BCUT2D eigenvalue weighted by molar-refractivity contribution is 0.440. The molecule has 1 aliphatic carbocycles. The van der Waals surface area contributed by atoms with E-state index in [1.165, 1.54) is 24.0 Å². The first kappa shape index (κ1) is 12.1. The Bertz CT molecular complexity index is 317. The molecule has 1 aromatic rings. The number of phenolic OH excluding ortho intramolecular Hbond substituents is 1. The molecule has 1 nitrogen and oxygen atoms in total. The zero-order chi connectivity index (χ0) is 11.4. The summed E-state index contributed by atoms with van der Waals surface area (Å²) < 4.78 is 0. The lowest BCUT2D eigenvalue weighted by atomic mass is 9.78. The molecule has 1 N–H and O–H groups in total. The van der Waals surface area contributed by atoms with E-state index in [1.807, 2.05) is 19.9 Å². The van der Waals surface area contributed by atoms with Gasteiger partial charge in [0.15, 0.2) is 0 Å². The number of benzene rings is 1. The summed E-state index contributed by atoms with van der Waals surface area (Å²) in [6, 6.07) is 5.78. The molecule has 2 atom stereocenters. The number of hydrogen-bond donors (Lipinski definition) is 1. The van der Waals surface area contributed by atoms with E-state index >= 15 is 0 Å². The monoisotopic (exact) mass is 206 g/mol. The summed E-state index contributed by atoms with van der Waals surface area (Å²) in [6.07, 6.45) is 2.41. The fourth-order valence-corrected chi connectivity index (χ4v) is 2.42. The quantitative estimate of drug-likeness (QED) is 0.677. The third kappa shape index (κ3) is 2.74. The predicted octanol–water partition coefficient (Wildman–Crippen LogP) is 4.10. The standard InChI is InChI=1S/C12H16O.C2H6/c1-8-5-9(2)12-7-11(13)4-3-10(12)6-8;1-2/h3-4,7-9,13H,5-6H2,1-2H3;1-2H3. The minimum atomic E-state index is 0.403. The highest BCUT2D eigenvalue weighted by Crippen LogP contribution is 2.35. The van der Waals surface area contributed by atoms with Crippen molar-refractivity contribution in [2.45, 2.75) is 46.5 Å². The van der Waals surface area contributed by atoms with Crippen molar-refractivity contribution in [1.29, 1.82) is 0 Å². The first-order chi connectivity index (χ1) is 7.16. The van der Waals surface area contributed by atoms with Crippen LogP contribution in [0.4, 0.5) is 0 Å². The Kier molecular flexibility index (Phi) is 4.19. The molecule has 0 saturated heterocycles. The number of fused-ring (bicyclic) bond motifs is 1. The van der Waals surface area contributed by atoms with E-state index in [0.29, 0.717) is 11.7 Å². The third-order valence-electron chi connectivity index (χ3n) is 2.98. The molecule has 2 rings (SSSR count). The summed E-state index contributed by atoms with van der Waals surface area (Å²) >= 11 is 0. The van der Waals surface area contributed by atoms with Gasteiger partial charge in [-0.3, -0.25) is 0 Å². The highest BCUT2D eigenvalue weighted by molar-refractivity contribution is 5.38. The molecule has 0 heterocycles. The van der Waals surface area contributed by atoms with Crippen LogP contribution in [0.15, 0.2) is 18.2 Å². The molecule has 1 aliphatic rings.